The van der Waals surface area contributed by atoms with Crippen LogP contribution in [0.3, 0.4) is 0 Å². The molecule has 0 saturated carbocycles. The van der Waals surface area contributed by atoms with Crippen molar-refractivity contribution in [1.82, 2.24) is 5.32 Å². The third-order valence-electron chi connectivity index (χ3n) is 3.49. The number of nitrogens with one attached hydrogen (secondary N) is 1. The Kier molecular flexibility index (Phi) is 4.97. The van der Waals surface area contributed by atoms with Crippen molar-refractivity contribution in [2.75, 3.05) is 0 Å². The van der Waals surface area contributed by atoms with Gasteiger partial charge in [0.25, 0.3) is 0 Å². The Morgan fingerprint density at radius 3 is 2.25 bits per heavy atom. The first-order valence-corrected chi connectivity index (χ1v) is 6.12. The Labute approximate surface area is 98.7 Å². The van der Waals surface area contributed by atoms with Crippen molar-refractivity contribution in [2.45, 2.75) is 51.8 Å². The summed E-state index contributed by atoms with van der Waals surface area (Å²) in [6.45, 7) is 6.93. The Morgan fingerprint density at radius 2 is 1.75 bits per heavy atom. The molecule has 0 heterocycles. The fourth-order valence-corrected chi connectivity index (χ4v) is 1.92. The lowest BCUT2D eigenvalue weighted by molar-refractivity contribution is -0.000624. The molecule has 1 rings (SSSR count). The van der Waals surface area contributed by atoms with Gasteiger partial charge in [0.1, 0.15) is 0 Å². The van der Waals surface area contributed by atoms with Crippen molar-refractivity contribution in [3.63, 3.8) is 0 Å². The molecule has 0 aromatic heterocycles. The fourth-order valence-electron chi connectivity index (χ4n) is 1.92. The van der Waals surface area contributed by atoms with Gasteiger partial charge in [-0.1, -0.05) is 44.2 Å². The normalized spacial score (nSPS) is 13.8. The van der Waals surface area contributed by atoms with Gasteiger partial charge < -0.3 is 10.4 Å². The van der Waals surface area contributed by atoms with Gasteiger partial charge in [-0.05, 0) is 25.3 Å². The highest BCUT2D eigenvalue weighted by atomic mass is 16.3. The molecule has 2 heteroatoms. The van der Waals surface area contributed by atoms with E-state index in [1.54, 1.807) is 0 Å². The molecule has 0 aliphatic rings. The average molecular weight is 221 g/mol. The molecule has 1 aromatic carbocycles. The summed E-state index contributed by atoms with van der Waals surface area (Å²) in [6, 6.07) is 10.4. The van der Waals surface area contributed by atoms with Crippen LogP contribution in [0.15, 0.2) is 30.3 Å². The van der Waals surface area contributed by atoms with Gasteiger partial charge in [-0.25, -0.2) is 0 Å². The molecule has 2 N–H and O–H groups in total. The van der Waals surface area contributed by atoms with Crippen LogP contribution >= 0.6 is 0 Å². The molecule has 1 atom stereocenters. The smallest absolute Gasteiger partial charge is 0.0792 e. The van der Waals surface area contributed by atoms with Gasteiger partial charge in [-0.15, -0.1) is 0 Å². The maximum absolute atomic E-state index is 10.3. The second-order valence-electron chi connectivity index (χ2n) is 4.40. The SMILES string of the molecule is CCC(O)(CC)[C@H](C)NCc1ccccc1. The molecule has 2 nitrogen and oxygen atoms in total. The summed E-state index contributed by atoms with van der Waals surface area (Å²) in [5.74, 6) is 0. The topological polar surface area (TPSA) is 32.3 Å². The van der Waals surface area contributed by atoms with Crippen molar-refractivity contribution in [2.24, 2.45) is 0 Å². The highest BCUT2D eigenvalue weighted by molar-refractivity contribution is 5.14. The van der Waals surface area contributed by atoms with Crippen LogP contribution in [0.1, 0.15) is 39.2 Å². The average Bonchev–Trinajstić information content (AvgIpc) is 2.36. The number of hydrogen-bond donors (Lipinski definition) is 2. The standard InChI is InChI=1S/C14H23NO/c1-4-14(16,5-2)12(3)15-11-13-9-7-6-8-10-13/h6-10,12,15-16H,4-5,11H2,1-3H3/t12-/m0/s1. The predicted octanol–water partition coefficient (Wildman–Crippen LogP) is 2.72. The van der Waals surface area contributed by atoms with Crippen LogP contribution in [-0.4, -0.2) is 16.7 Å². The lowest BCUT2D eigenvalue weighted by Gasteiger charge is -2.33. The van der Waals surface area contributed by atoms with Gasteiger partial charge in [0.2, 0.25) is 0 Å². The van der Waals surface area contributed by atoms with Gasteiger partial charge in [0.05, 0.1) is 5.60 Å². The summed E-state index contributed by atoms with van der Waals surface area (Å²) in [5.41, 5.74) is 0.665. The molecular weight excluding hydrogens is 198 g/mol. The van der Waals surface area contributed by atoms with E-state index in [1.807, 2.05) is 32.0 Å². The summed E-state index contributed by atoms with van der Waals surface area (Å²) < 4.78 is 0. The maximum Gasteiger partial charge on any atom is 0.0792 e. The zero-order valence-electron chi connectivity index (χ0n) is 10.5. The van der Waals surface area contributed by atoms with Crippen LogP contribution in [-0.2, 0) is 6.54 Å². The van der Waals surface area contributed by atoms with E-state index in [9.17, 15) is 5.11 Å². The monoisotopic (exact) mass is 221 g/mol. The minimum absolute atomic E-state index is 0.114. The quantitative estimate of drug-likeness (QED) is 0.774. The molecule has 0 radical (unpaired) electrons. The van der Waals surface area contributed by atoms with Gasteiger partial charge in [-0.3, -0.25) is 0 Å². The van der Waals surface area contributed by atoms with Crippen LogP contribution in [0.2, 0.25) is 0 Å². The minimum atomic E-state index is -0.589. The number of benzene rings is 1. The van der Waals surface area contributed by atoms with Gasteiger partial charge in [0.15, 0.2) is 0 Å². The van der Waals surface area contributed by atoms with Gasteiger partial charge >= 0.3 is 0 Å². The molecule has 0 fully saturated rings. The first kappa shape index (κ1) is 13.2. The first-order valence-electron chi connectivity index (χ1n) is 6.12. The summed E-state index contributed by atoms with van der Waals surface area (Å²) >= 11 is 0. The van der Waals surface area contributed by atoms with E-state index < -0.39 is 5.60 Å². The Balaban J connectivity index is 2.49. The first-order chi connectivity index (χ1) is 7.62. The zero-order chi connectivity index (χ0) is 12.0. The van der Waals surface area contributed by atoms with Crippen LogP contribution in [0.4, 0.5) is 0 Å². The Bertz CT molecular complexity index is 293. The lowest BCUT2D eigenvalue weighted by atomic mass is 9.89. The van der Waals surface area contributed by atoms with Crippen LogP contribution in [0.25, 0.3) is 0 Å². The van der Waals surface area contributed by atoms with Crippen molar-refractivity contribution >= 4 is 0 Å². The van der Waals surface area contributed by atoms with Crippen molar-refractivity contribution in [3.8, 4) is 0 Å². The second kappa shape index (κ2) is 6.02. The maximum atomic E-state index is 10.3. The van der Waals surface area contributed by atoms with Crippen molar-refractivity contribution < 1.29 is 5.11 Å². The van der Waals surface area contributed by atoms with E-state index in [2.05, 4.69) is 24.4 Å². The molecule has 0 bridgehead atoms. The van der Waals surface area contributed by atoms with E-state index in [0.717, 1.165) is 19.4 Å². The molecule has 0 aliphatic heterocycles. The highest BCUT2D eigenvalue weighted by Crippen LogP contribution is 2.19. The van der Waals surface area contributed by atoms with Crippen LogP contribution in [0.5, 0.6) is 0 Å². The molecule has 1 aromatic rings. The Hall–Kier alpha value is -0.860. The van der Waals surface area contributed by atoms with Crippen LogP contribution < -0.4 is 5.32 Å². The van der Waals surface area contributed by atoms with E-state index in [-0.39, 0.29) is 6.04 Å². The van der Waals surface area contributed by atoms with E-state index in [0.29, 0.717) is 0 Å². The van der Waals surface area contributed by atoms with E-state index in [4.69, 9.17) is 0 Å². The molecule has 0 saturated heterocycles. The zero-order valence-corrected chi connectivity index (χ0v) is 10.5. The lowest BCUT2D eigenvalue weighted by Crippen LogP contribution is -2.47. The summed E-state index contributed by atoms with van der Waals surface area (Å²) in [4.78, 5) is 0. The molecule has 0 spiro atoms. The molecule has 16 heavy (non-hydrogen) atoms. The number of rotatable bonds is 6. The third-order valence-corrected chi connectivity index (χ3v) is 3.49. The summed E-state index contributed by atoms with van der Waals surface area (Å²) in [5, 5.41) is 13.7. The number of hydrogen-bond acceptors (Lipinski definition) is 2. The second-order valence-corrected chi connectivity index (χ2v) is 4.40. The molecule has 0 aliphatic carbocycles. The molecule has 0 amide bonds. The largest absolute Gasteiger partial charge is 0.388 e. The van der Waals surface area contributed by atoms with Crippen LogP contribution in [0, 0.1) is 0 Å². The van der Waals surface area contributed by atoms with E-state index >= 15 is 0 Å². The number of aliphatic hydroxyl groups is 1. The fraction of sp³-hybridized carbons (Fsp3) is 0.571. The summed E-state index contributed by atoms with van der Waals surface area (Å²) in [6.07, 6.45) is 1.57. The molecular formula is C14H23NO. The van der Waals surface area contributed by atoms with Gasteiger partial charge in [-0.2, -0.15) is 0 Å². The third kappa shape index (κ3) is 3.32. The predicted molar refractivity (Wildman–Crippen MR) is 68.3 cm³/mol. The van der Waals surface area contributed by atoms with Crippen molar-refractivity contribution in [1.29, 1.82) is 0 Å². The van der Waals surface area contributed by atoms with Gasteiger partial charge in [0, 0.05) is 12.6 Å². The summed E-state index contributed by atoms with van der Waals surface area (Å²) in [7, 11) is 0. The highest BCUT2D eigenvalue weighted by Gasteiger charge is 2.29. The minimum Gasteiger partial charge on any atom is -0.388 e. The molecule has 90 valence electrons. The Morgan fingerprint density at radius 1 is 1.19 bits per heavy atom. The van der Waals surface area contributed by atoms with E-state index in [1.165, 1.54) is 5.56 Å². The molecule has 0 unspecified atom stereocenters. The van der Waals surface area contributed by atoms with Crippen molar-refractivity contribution in [3.05, 3.63) is 35.9 Å².